The highest BCUT2D eigenvalue weighted by Crippen LogP contribution is 2.70. The number of halogens is 6. The van der Waals surface area contributed by atoms with Crippen molar-refractivity contribution in [1.29, 1.82) is 0 Å². The third-order valence-electron chi connectivity index (χ3n) is 3.50. The summed E-state index contributed by atoms with van der Waals surface area (Å²) in [5, 5.41) is -5.51. The zero-order chi connectivity index (χ0) is 22.6. The molecule has 1 N–H and O–H groups in total. The van der Waals surface area contributed by atoms with E-state index < -0.39 is 53.4 Å². The first kappa shape index (κ1) is 25.9. The van der Waals surface area contributed by atoms with Gasteiger partial charge in [0, 0.05) is 0 Å². The Bertz CT molecular complexity index is 787. The first-order chi connectivity index (χ1) is 13.2. The lowest BCUT2D eigenvalue weighted by Gasteiger charge is -2.41. The van der Waals surface area contributed by atoms with Gasteiger partial charge in [-0.05, 0) is 25.0 Å². The molecule has 0 bridgehead atoms. The number of sulfonamides is 1. The van der Waals surface area contributed by atoms with Crippen LogP contribution in [0.25, 0.3) is 0 Å². The van der Waals surface area contributed by atoms with Gasteiger partial charge in [0.25, 0.3) is 0 Å². The molecule has 6 nitrogen and oxygen atoms in total. The first-order valence-electron chi connectivity index (χ1n) is 8.30. The summed E-state index contributed by atoms with van der Waals surface area (Å²) in [5.74, 6) is 0. The standard InChI is InChI=1S/C15H20F6NO5PS/c1-3-10-26-28(23,27-11-4-2)13(14(16,17)18,15(19,20)21)22-29(24,25)12-8-6-5-7-9-12/h5-9,22H,3-4,10-11H2,1-2H3. The van der Waals surface area contributed by atoms with Gasteiger partial charge in [-0.15, -0.1) is 0 Å². The predicted octanol–water partition coefficient (Wildman–Crippen LogP) is 4.83. The van der Waals surface area contributed by atoms with Crippen LogP contribution in [0, 0.1) is 0 Å². The van der Waals surface area contributed by atoms with Crippen LogP contribution in [0.1, 0.15) is 26.7 Å². The maximum absolute atomic E-state index is 13.9. The van der Waals surface area contributed by atoms with Gasteiger partial charge in [-0.3, -0.25) is 4.57 Å². The van der Waals surface area contributed by atoms with E-state index in [1.54, 1.807) is 0 Å². The van der Waals surface area contributed by atoms with Gasteiger partial charge in [-0.1, -0.05) is 32.0 Å². The quantitative estimate of drug-likeness (QED) is 0.391. The van der Waals surface area contributed by atoms with E-state index in [0.717, 1.165) is 24.3 Å². The lowest BCUT2D eigenvalue weighted by Crippen LogP contribution is -2.67. The van der Waals surface area contributed by atoms with Crippen molar-refractivity contribution in [2.75, 3.05) is 13.2 Å². The minimum Gasteiger partial charge on any atom is -0.307 e. The summed E-state index contributed by atoms with van der Waals surface area (Å²) in [5.41, 5.74) is 0. The Morgan fingerprint density at radius 1 is 0.897 bits per heavy atom. The smallest absolute Gasteiger partial charge is 0.307 e. The molecule has 1 aromatic carbocycles. The van der Waals surface area contributed by atoms with Gasteiger partial charge >= 0.3 is 25.2 Å². The molecule has 0 aromatic heterocycles. The topological polar surface area (TPSA) is 81.7 Å². The zero-order valence-corrected chi connectivity index (χ0v) is 17.1. The van der Waals surface area contributed by atoms with Crippen LogP contribution in [-0.2, 0) is 23.6 Å². The highest BCUT2D eigenvalue weighted by molar-refractivity contribution is 7.90. The molecule has 1 aromatic rings. The van der Waals surface area contributed by atoms with Crippen molar-refractivity contribution in [3.05, 3.63) is 30.3 Å². The Hall–Kier alpha value is -1.14. The van der Waals surface area contributed by atoms with Gasteiger partial charge in [-0.2, -0.15) is 31.1 Å². The lowest BCUT2D eigenvalue weighted by molar-refractivity contribution is -0.277. The van der Waals surface area contributed by atoms with Crippen molar-refractivity contribution in [2.24, 2.45) is 0 Å². The van der Waals surface area contributed by atoms with Crippen LogP contribution in [0.3, 0.4) is 0 Å². The predicted molar refractivity (Wildman–Crippen MR) is 91.7 cm³/mol. The summed E-state index contributed by atoms with van der Waals surface area (Å²) < 4.78 is 131. The highest BCUT2D eigenvalue weighted by Gasteiger charge is 2.83. The molecule has 0 fully saturated rings. The second-order valence-electron chi connectivity index (χ2n) is 5.79. The molecule has 14 heteroatoms. The molecule has 0 saturated carbocycles. The van der Waals surface area contributed by atoms with Gasteiger partial charge in [0.15, 0.2) is 0 Å². The molecule has 0 aliphatic rings. The number of hydrogen-bond donors (Lipinski definition) is 1. The monoisotopic (exact) mass is 471 g/mol. The molecule has 0 atom stereocenters. The molecule has 168 valence electrons. The van der Waals surface area contributed by atoms with Crippen LogP contribution in [0.4, 0.5) is 26.3 Å². The van der Waals surface area contributed by atoms with Crippen LogP contribution >= 0.6 is 7.60 Å². The van der Waals surface area contributed by atoms with E-state index in [1.807, 2.05) is 0 Å². The van der Waals surface area contributed by atoms with Crippen molar-refractivity contribution in [2.45, 2.75) is 49.2 Å². The highest BCUT2D eigenvalue weighted by atomic mass is 32.2. The summed E-state index contributed by atoms with van der Waals surface area (Å²) >= 11 is 0. The van der Waals surface area contributed by atoms with Crippen molar-refractivity contribution in [1.82, 2.24) is 4.72 Å². The van der Waals surface area contributed by atoms with Crippen LogP contribution in [0.15, 0.2) is 35.2 Å². The Balaban J connectivity index is 3.79. The molecule has 0 aliphatic heterocycles. The van der Waals surface area contributed by atoms with Crippen molar-refractivity contribution in [3.63, 3.8) is 0 Å². The number of hydrogen-bond acceptors (Lipinski definition) is 5. The van der Waals surface area contributed by atoms with E-state index in [-0.39, 0.29) is 12.8 Å². The molecule has 0 radical (unpaired) electrons. The van der Waals surface area contributed by atoms with Crippen LogP contribution in [0.5, 0.6) is 0 Å². The Morgan fingerprint density at radius 2 is 1.31 bits per heavy atom. The largest absolute Gasteiger partial charge is 0.428 e. The molecule has 0 unspecified atom stereocenters. The normalized spacial score (nSPS) is 14.2. The Kier molecular flexibility index (Phi) is 8.34. The van der Waals surface area contributed by atoms with Crippen LogP contribution in [0.2, 0.25) is 0 Å². The molecule has 0 aliphatic carbocycles. The van der Waals surface area contributed by atoms with Gasteiger partial charge in [-0.25, -0.2) is 8.42 Å². The minimum atomic E-state index is -6.41. The lowest BCUT2D eigenvalue weighted by atomic mass is 10.3. The molecular formula is C15H20F6NO5PS. The molecule has 1 rings (SSSR count). The van der Waals surface area contributed by atoms with E-state index in [9.17, 15) is 39.3 Å². The second kappa shape index (κ2) is 9.34. The van der Waals surface area contributed by atoms with E-state index in [1.165, 1.54) is 19.9 Å². The summed E-state index contributed by atoms with van der Waals surface area (Å²) in [4.78, 5) is -0.893. The maximum Gasteiger partial charge on any atom is 0.428 e. The fourth-order valence-corrected chi connectivity index (χ4v) is 6.14. The summed E-state index contributed by atoms with van der Waals surface area (Å²) in [6, 6.07) is 5.06. The third-order valence-corrected chi connectivity index (χ3v) is 7.60. The fraction of sp³-hybridized carbons (Fsp3) is 0.600. The number of benzene rings is 1. The molecule has 0 saturated heterocycles. The number of nitrogens with one attached hydrogen (secondary N) is 1. The van der Waals surface area contributed by atoms with Gasteiger partial charge in [0.2, 0.25) is 10.0 Å². The van der Waals surface area contributed by atoms with E-state index in [2.05, 4.69) is 9.05 Å². The van der Waals surface area contributed by atoms with Gasteiger partial charge in [0.05, 0.1) is 18.1 Å². The maximum atomic E-state index is 13.9. The third kappa shape index (κ3) is 5.32. The van der Waals surface area contributed by atoms with Gasteiger partial charge in [0.1, 0.15) is 0 Å². The minimum absolute atomic E-state index is 0.100. The summed E-state index contributed by atoms with van der Waals surface area (Å²) in [6.45, 7) is 1.12. The summed E-state index contributed by atoms with van der Waals surface area (Å²) in [6.07, 6.45) is -13.0. The van der Waals surface area contributed by atoms with E-state index in [4.69, 9.17) is 0 Å². The fourth-order valence-electron chi connectivity index (χ4n) is 2.15. The second-order valence-corrected chi connectivity index (χ2v) is 9.65. The average molecular weight is 471 g/mol. The SMILES string of the molecule is CCCOP(=O)(OCCC)C(NS(=O)(=O)c1ccccc1)(C(F)(F)F)C(F)(F)F. The molecular weight excluding hydrogens is 451 g/mol. The van der Waals surface area contributed by atoms with Crippen LogP contribution < -0.4 is 4.72 Å². The molecule has 0 amide bonds. The van der Waals surface area contributed by atoms with Crippen molar-refractivity contribution in [3.8, 4) is 0 Å². The van der Waals surface area contributed by atoms with E-state index in [0.29, 0.717) is 4.72 Å². The van der Waals surface area contributed by atoms with Crippen LogP contribution in [-0.4, -0.2) is 39.3 Å². The molecule has 0 heterocycles. The molecule has 0 spiro atoms. The Labute approximate surface area is 164 Å². The summed E-state index contributed by atoms with van der Waals surface area (Å²) in [7, 11) is -11.6. The van der Waals surface area contributed by atoms with Crippen molar-refractivity contribution >= 4 is 17.6 Å². The molecule has 29 heavy (non-hydrogen) atoms. The van der Waals surface area contributed by atoms with Gasteiger partial charge < -0.3 is 9.05 Å². The zero-order valence-electron chi connectivity index (χ0n) is 15.4. The van der Waals surface area contributed by atoms with E-state index >= 15 is 0 Å². The number of alkyl halides is 6. The Morgan fingerprint density at radius 3 is 1.66 bits per heavy atom. The first-order valence-corrected chi connectivity index (χ1v) is 11.3. The van der Waals surface area contributed by atoms with Crippen molar-refractivity contribution < 1.29 is 48.4 Å². The average Bonchev–Trinajstić information content (AvgIpc) is 2.61. The number of rotatable bonds is 10.